The summed E-state index contributed by atoms with van der Waals surface area (Å²) in [5, 5.41) is 6.00. The van der Waals surface area contributed by atoms with E-state index in [0.717, 1.165) is 25.8 Å². The predicted molar refractivity (Wildman–Crippen MR) is 73.6 cm³/mol. The number of nitrogens with one attached hydrogen (secondary N) is 2. The van der Waals surface area contributed by atoms with Gasteiger partial charge in [0.1, 0.15) is 6.10 Å². The SMILES string of the molecule is CC(C)NCCNC(=O)O[C@@H]1/C=C/CCCCC1. The Balaban J connectivity index is 2.15. The van der Waals surface area contributed by atoms with E-state index >= 15 is 0 Å². The van der Waals surface area contributed by atoms with Crippen LogP contribution in [0.2, 0.25) is 0 Å². The molecule has 0 saturated heterocycles. The summed E-state index contributed by atoms with van der Waals surface area (Å²) >= 11 is 0. The van der Waals surface area contributed by atoms with E-state index in [2.05, 4.69) is 30.6 Å². The molecule has 0 aromatic rings. The average Bonchev–Trinajstić information content (AvgIpc) is 2.28. The summed E-state index contributed by atoms with van der Waals surface area (Å²) in [6, 6.07) is 0.441. The van der Waals surface area contributed by atoms with Gasteiger partial charge in [0, 0.05) is 19.1 Å². The molecule has 0 fully saturated rings. The van der Waals surface area contributed by atoms with Crippen molar-refractivity contribution in [2.75, 3.05) is 13.1 Å². The first kappa shape index (κ1) is 15.0. The summed E-state index contributed by atoms with van der Waals surface area (Å²) in [5.74, 6) is 0. The number of alkyl carbamates (subject to hydrolysis) is 1. The Labute approximate surface area is 110 Å². The van der Waals surface area contributed by atoms with E-state index in [1.165, 1.54) is 12.8 Å². The molecule has 2 N–H and O–H groups in total. The zero-order chi connectivity index (χ0) is 13.2. The van der Waals surface area contributed by atoms with E-state index < -0.39 is 0 Å². The molecule has 1 rings (SSSR count). The predicted octanol–water partition coefficient (Wildman–Crippen LogP) is 2.60. The first-order valence-electron chi connectivity index (χ1n) is 7.03. The lowest BCUT2D eigenvalue weighted by atomic mass is 10.0. The number of carbonyl (C=O) groups is 1. The van der Waals surface area contributed by atoms with Crippen LogP contribution in [-0.2, 0) is 4.74 Å². The maximum atomic E-state index is 11.6. The minimum Gasteiger partial charge on any atom is -0.442 e. The van der Waals surface area contributed by atoms with E-state index in [4.69, 9.17) is 4.74 Å². The van der Waals surface area contributed by atoms with Crippen molar-refractivity contribution >= 4 is 6.09 Å². The number of carbonyl (C=O) groups excluding carboxylic acids is 1. The maximum absolute atomic E-state index is 11.6. The van der Waals surface area contributed by atoms with Crippen LogP contribution in [0, 0.1) is 0 Å². The second-order valence-electron chi connectivity index (χ2n) is 5.05. The van der Waals surface area contributed by atoms with Crippen LogP contribution in [0.1, 0.15) is 46.0 Å². The van der Waals surface area contributed by atoms with E-state index in [1.54, 1.807) is 0 Å². The highest BCUT2D eigenvalue weighted by Gasteiger charge is 2.11. The van der Waals surface area contributed by atoms with Crippen LogP contribution in [0.5, 0.6) is 0 Å². The van der Waals surface area contributed by atoms with Gasteiger partial charge < -0.3 is 15.4 Å². The fourth-order valence-electron chi connectivity index (χ4n) is 1.93. The van der Waals surface area contributed by atoms with Gasteiger partial charge in [0.05, 0.1) is 0 Å². The summed E-state index contributed by atoms with van der Waals surface area (Å²) in [5.41, 5.74) is 0. The molecular weight excluding hydrogens is 228 g/mol. The highest BCUT2D eigenvalue weighted by Crippen LogP contribution is 2.14. The molecule has 0 aliphatic heterocycles. The zero-order valence-corrected chi connectivity index (χ0v) is 11.6. The Morgan fingerprint density at radius 2 is 2.17 bits per heavy atom. The van der Waals surface area contributed by atoms with Crippen molar-refractivity contribution in [1.82, 2.24) is 10.6 Å². The largest absolute Gasteiger partial charge is 0.442 e. The molecule has 0 aromatic heterocycles. The lowest BCUT2D eigenvalue weighted by Gasteiger charge is -2.17. The quantitative estimate of drug-likeness (QED) is 0.585. The van der Waals surface area contributed by atoms with Crippen LogP contribution < -0.4 is 10.6 Å². The third kappa shape index (κ3) is 7.33. The van der Waals surface area contributed by atoms with Crippen molar-refractivity contribution in [3.05, 3.63) is 12.2 Å². The molecular formula is C14H26N2O2. The fourth-order valence-corrected chi connectivity index (χ4v) is 1.93. The summed E-state index contributed by atoms with van der Waals surface area (Å²) in [6.45, 7) is 5.54. The minimum absolute atomic E-state index is 0.0524. The fraction of sp³-hybridized carbons (Fsp3) is 0.786. The molecule has 1 aliphatic carbocycles. The van der Waals surface area contributed by atoms with Gasteiger partial charge in [-0.2, -0.15) is 0 Å². The number of ether oxygens (including phenoxy) is 1. The van der Waals surface area contributed by atoms with E-state index in [0.29, 0.717) is 12.6 Å². The molecule has 0 saturated carbocycles. The van der Waals surface area contributed by atoms with Crippen LogP contribution in [0.25, 0.3) is 0 Å². The lowest BCUT2D eigenvalue weighted by Crippen LogP contribution is -2.36. The van der Waals surface area contributed by atoms with Crippen molar-refractivity contribution in [2.24, 2.45) is 0 Å². The van der Waals surface area contributed by atoms with Crippen molar-refractivity contribution in [3.8, 4) is 0 Å². The molecule has 0 unspecified atom stereocenters. The molecule has 0 aromatic carbocycles. The van der Waals surface area contributed by atoms with E-state index in [-0.39, 0.29) is 12.2 Å². The molecule has 1 aliphatic rings. The van der Waals surface area contributed by atoms with Crippen molar-refractivity contribution < 1.29 is 9.53 Å². The highest BCUT2D eigenvalue weighted by molar-refractivity contribution is 5.67. The number of hydrogen-bond donors (Lipinski definition) is 2. The first-order chi connectivity index (χ1) is 8.68. The molecule has 1 amide bonds. The van der Waals surface area contributed by atoms with Gasteiger partial charge in [-0.15, -0.1) is 0 Å². The second-order valence-corrected chi connectivity index (χ2v) is 5.05. The highest BCUT2D eigenvalue weighted by atomic mass is 16.6. The van der Waals surface area contributed by atoms with E-state index in [1.807, 2.05) is 6.08 Å². The van der Waals surface area contributed by atoms with Gasteiger partial charge in [0.15, 0.2) is 0 Å². The summed E-state index contributed by atoms with van der Waals surface area (Å²) in [6.07, 6.45) is 9.42. The molecule has 4 heteroatoms. The van der Waals surface area contributed by atoms with Gasteiger partial charge in [0.2, 0.25) is 0 Å². The molecule has 1 atom stereocenters. The normalized spacial score (nSPS) is 22.1. The molecule has 4 nitrogen and oxygen atoms in total. The van der Waals surface area contributed by atoms with Gasteiger partial charge in [-0.05, 0) is 31.8 Å². The smallest absolute Gasteiger partial charge is 0.407 e. The Morgan fingerprint density at radius 3 is 2.94 bits per heavy atom. The van der Waals surface area contributed by atoms with Gasteiger partial charge >= 0.3 is 6.09 Å². The topological polar surface area (TPSA) is 50.4 Å². The van der Waals surface area contributed by atoms with Gasteiger partial charge in [-0.25, -0.2) is 4.79 Å². The number of rotatable bonds is 5. The molecule has 0 radical (unpaired) electrons. The third-order valence-corrected chi connectivity index (χ3v) is 2.92. The zero-order valence-electron chi connectivity index (χ0n) is 11.6. The van der Waals surface area contributed by atoms with Crippen LogP contribution in [0.3, 0.4) is 0 Å². The van der Waals surface area contributed by atoms with Crippen LogP contribution >= 0.6 is 0 Å². The Morgan fingerprint density at radius 1 is 1.33 bits per heavy atom. The lowest BCUT2D eigenvalue weighted by molar-refractivity contribution is 0.113. The first-order valence-corrected chi connectivity index (χ1v) is 7.03. The number of allylic oxidation sites excluding steroid dienone is 1. The van der Waals surface area contributed by atoms with Crippen molar-refractivity contribution in [3.63, 3.8) is 0 Å². The van der Waals surface area contributed by atoms with Gasteiger partial charge in [-0.3, -0.25) is 0 Å². The van der Waals surface area contributed by atoms with Crippen molar-refractivity contribution in [1.29, 1.82) is 0 Å². The van der Waals surface area contributed by atoms with Crippen LogP contribution in [0.15, 0.2) is 12.2 Å². The molecule has 0 bridgehead atoms. The Hall–Kier alpha value is -1.03. The van der Waals surface area contributed by atoms with Crippen molar-refractivity contribution in [2.45, 2.75) is 58.1 Å². The summed E-state index contributed by atoms with van der Waals surface area (Å²) in [7, 11) is 0. The number of amides is 1. The summed E-state index contributed by atoms with van der Waals surface area (Å²) < 4.78 is 5.37. The molecule has 18 heavy (non-hydrogen) atoms. The monoisotopic (exact) mass is 254 g/mol. The molecule has 0 heterocycles. The Kier molecular flexibility index (Phi) is 7.49. The maximum Gasteiger partial charge on any atom is 0.407 e. The van der Waals surface area contributed by atoms with Gasteiger partial charge in [0.25, 0.3) is 0 Å². The summed E-state index contributed by atoms with van der Waals surface area (Å²) in [4.78, 5) is 11.6. The molecule has 0 spiro atoms. The van der Waals surface area contributed by atoms with Crippen LogP contribution in [0.4, 0.5) is 4.79 Å². The Bertz CT molecular complexity index is 265. The van der Waals surface area contributed by atoms with E-state index in [9.17, 15) is 4.79 Å². The number of hydrogen-bond acceptors (Lipinski definition) is 3. The molecule has 104 valence electrons. The van der Waals surface area contributed by atoms with Gasteiger partial charge in [-0.1, -0.05) is 26.3 Å². The average molecular weight is 254 g/mol. The second kappa shape index (κ2) is 8.97. The third-order valence-electron chi connectivity index (χ3n) is 2.92. The minimum atomic E-state index is -0.309. The standard InChI is InChI=1S/C14H26N2O2/c1-12(2)15-10-11-16-14(17)18-13-8-6-4-3-5-7-9-13/h6,8,12-13,15H,3-5,7,9-11H2,1-2H3,(H,16,17)/b8-6+/t13-/m1/s1. The van der Waals surface area contributed by atoms with Crippen LogP contribution in [-0.4, -0.2) is 31.3 Å².